The maximum atomic E-state index is 6.45. The first-order valence-corrected chi connectivity index (χ1v) is 14.7. The Morgan fingerprint density at radius 2 is 1.12 bits per heavy atom. The van der Waals surface area contributed by atoms with Crippen LogP contribution in [0.25, 0.3) is 76.9 Å². The fourth-order valence-electron chi connectivity index (χ4n) is 7.51. The van der Waals surface area contributed by atoms with Crippen molar-refractivity contribution in [1.82, 2.24) is 0 Å². The molecule has 0 N–H and O–H groups in total. The zero-order valence-corrected chi connectivity index (χ0v) is 23.6. The van der Waals surface area contributed by atoms with Gasteiger partial charge in [-0.2, -0.15) is 0 Å². The fraction of sp³-hybridized carbons (Fsp3) is 0.0732. The highest BCUT2D eigenvalue weighted by atomic mass is 16.3. The van der Waals surface area contributed by atoms with Gasteiger partial charge in [0.2, 0.25) is 0 Å². The molecule has 42 heavy (non-hydrogen) atoms. The van der Waals surface area contributed by atoms with Crippen LogP contribution in [0.5, 0.6) is 0 Å². The Balaban J connectivity index is 1.37. The molecule has 0 aliphatic heterocycles. The molecular formula is C41H28O. The minimum absolute atomic E-state index is 0.184. The van der Waals surface area contributed by atoms with Gasteiger partial charge in [-0.25, -0.2) is 0 Å². The predicted octanol–water partition coefficient (Wildman–Crippen LogP) is 11.5. The molecule has 0 saturated carbocycles. The van der Waals surface area contributed by atoms with Gasteiger partial charge in [-0.3, -0.25) is 0 Å². The van der Waals surface area contributed by atoms with Crippen molar-refractivity contribution in [3.05, 3.63) is 145 Å². The van der Waals surface area contributed by atoms with Crippen molar-refractivity contribution in [2.45, 2.75) is 19.3 Å². The van der Waals surface area contributed by atoms with Crippen molar-refractivity contribution >= 4 is 43.5 Å². The van der Waals surface area contributed by atoms with Crippen LogP contribution in [0, 0.1) is 0 Å². The number of benzene rings is 7. The third kappa shape index (κ3) is 3.08. The zero-order chi connectivity index (χ0) is 28.0. The number of hydrogen-bond donors (Lipinski definition) is 0. The Morgan fingerprint density at radius 1 is 0.452 bits per heavy atom. The van der Waals surface area contributed by atoms with E-state index < -0.39 is 0 Å². The molecule has 1 heterocycles. The molecule has 0 saturated heterocycles. The summed E-state index contributed by atoms with van der Waals surface area (Å²) in [4.78, 5) is 0. The second-order valence-electron chi connectivity index (χ2n) is 12.1. The fourth-order valence-corrected chi connectivity index (χ4v) is 7.51. The standard InChI is InChI=1S/C41H28O/c1-41(2)34-20-11-19-33-37(25-12-4-3-5-13-25)29-15-6-7-16-30(29)38(39(33)34)32-23-22-26(24-35(32)41)27-17-10-18-31-28-14-8-9-21-36(28)42-40(27)31/h3-24H,1-2H3. The van der Waals surface area contributed by atoms with Crippen molar-refractivity contribution < 1.29 is 4.42 Å². The van der Waals surface area contributed by atoms with E-state index >= 15 is 0 Å². The summed E-state index contributed by atoms with van der Waals surface area (Å²) in [5.74, 6) is 0. The maximum absolute atomic E-state index is 6.45. The van der Waals surface area contributed by atoms with Crippen LogP contribution in [0.1, 0.15) is 25.0 Å². The molecule has 9 rings (SSSR count). The van der Waals surface area contributed by atoms with E-state index in [-0.39, 0.29) is 5.41 Å². The monoisotopic (exact) mass is 536 g/mol. The van der Waals surface area contributed by atoms with Crippen molar-refractivity contribution in [3.63, 3.8) is 0 Å². The molecule has 0 atom stereocenters. The van der Waals surface area contributed by atoms with Crippen LogP contribution in [0.4, 0.5) is 0 Å². The van der Waals surface area contributed by atoms with Gasteiger partial charge in [0.25, 0.3) is 0 Å². The second-order valence-corrected chi connectivity index (χ2v) is 12.1. The molecule has 0 unspecified atom stereocenters. The van der Waals surface area contributed by atoms with Crippen LogP contribution < -0.4 is 0 Å². The van der Waals surface area contributed by atoms with Gasteiger partial charge in [0.05, 0.1) is 0 Å². The summed E-state index contributed by atoms with van der Waals surface area (Å²) in [6.45, 7) is 4.76. The highest BCUT2D eigenvalue weighted by Crippen LogP contribution is 2.54. The minimum Gasteiger partial charge on any atom is -0.455 e. The lowest BCUT2D eigenvalue weighted by molar-refractivity contribution is 0.645. The SMILES string of the molecule is CC1(C)c2cc(-c3cccc4c3oc3ccccc34)ccc2-c2c3ccccc3c(-c3ccccc3)c3cccc1c23. The van der Waals surface area contributed by atoms with Crippen LogP contribution in [0.2, 0.25) is 0 Å². The largest absolute Gasteiger partial charge is 0.455 e. The minimum atomic E-state index is -0.184. The molecule has 7 aromatic carbocycles. The zero-order valence-electron chi connectivity index (χ0n) is 23.6. The molecule has 0 amide bonds. The molecule has 1 aliphatic carbocycles. The van der Waals surface area contributed by atoms with Crippen LogP contribution in [-0.2, 0) is 5.41 Å². The summed E-state index contributed by atoms with van der Waals surface area (Å²) in [5.41, 5.74) is 12.0. The van der Waals surface area contributed by atoms with E-state index in [1.54, 1.807) is 0 Å². The van der Waals surface area contributed by atoms with Gasteiger partial charge in [-0.1, -0.05) is 135 Å². The van der Waals surface area contributed by atoms with E-state index in [1.807, 2.05) is 6.07 Å². The van der Waals surface area contributed by atoms with Gasteiger partial charge < -0.3 is 4.42 Å². The van der Waals surface area contributed by atoms with Crippen molar-refractivity contribution in [2.24, 2.45) is 0 Å². The van der Waals surface area contributed by atoms with E-state index in [4.69, 9.17) is 4.42 Å². The molecule has 1 aliphatic rings. The molecule has 8 aromatic rings. The third-order valence-electron chi connectivity index (χ3n) is 9.46. The highest BCUT2D eigenvalue weighted by Gasteiger charge is 2.35. The number of furan rings is 1. The van der Waals surface area contributed by atoms with Crippen molar-refractivity contribution in [1.29, 1.82) is 0 Å². The van der Waals surface area contributed by atoms with E-state index in [0.717, 1.165) is 27.5 Å². The molecule has 1 nitrogen and oxygen atoms in total. The lowest BCUT2D eigenvalue weighted by Crippen LogP contribution is -2.24. The normalized spacial score (nSPS) is 13.7. The summed E-state index contributed by atoms with van der Waals surface area (Å²) in [6, 6.07) is 48.6. The molecule has 0 bridgehead atoms. The molecule has 0 fully saturated rings. The van der Waals surface area contributed by atoms with Crippen LogP contribution >= 0.6 is 0 Å². The molecule has 198 valence electrons. The van der Waals surface area contributed by atoms with Crippen molar-refractivity contribution in [3.8, 4) is 33.4 Å². The summed E-state index contributed by atoms with van der Waals surface area (Å²) in [5, 5.41) is 7.62. The number of rotatable bonds is 2. The molecule has 0 radical (unpaired) electrons. The Kier molecular flexibility index (Phi) is 4.73. The van der Waals surface area contributed by atoms with Gasteiger partial charge in [0, 0.05) is 21.8 Å². The first-order valence-electron chi connectivity index (χ1n) is 14.7. The topological polar surface area (TPSA) is 13.1 Å². The third-order valence-corrected chi connectivity index (χ3v) is 9.46. The summed E-state index contributed by atoms with van der Waals surface area (Å²) in [7, 11) is 0. The first-order chi connectivity index (χ1) is 20.6. The van der Waals surface area contributed by atoms with E-state index in [2.05, 4.69) is 141 Å². The summed E-state index contributed by atoms with van der Waals surface area (Å²) in [6.07, 6.45) is 0. The Bertz CT molecular complexity index is 2370. The van der Waals surface area contributed by atoms with E-state index in [9.17, 15) is 0 Å². The second kappa shape index (κ2) is 8.44. The van der Waals surface area contributed by atoms with Gasteiger partial charge in [0.1, 0.15) is 11.2 Å². The van der Waals surface area contributed by atoms with Crippen LogP contribution in [-0.4, -0.2) is 0 Å². The first kappa shape index (κ1) is 23.6. The highest BCUT2D eigenvalue weighted by molar-refractivity contribution is 6.23. The quantitative estimate of drug-likeness (QED) is 0.200. The number of fused-ring (bicyclic) bond motifs is 7. The molecular weight excluding hydrogens is 508 g/mol. The van der Waals surface area contributed by atoms with E-state index in [1.165, 1.54) is 60.5 Å². The molecule has 1 heteroatoms. The number of para-hydroxylation sites is 2. The number of hydrogen-bond acceptors (Lipinski definition) is 1. The summed E-state index contributed by atoms with van der Waals surface area (Å²) < 4.78 is 6.45. The summed E-state index contributed by atoms with van der Waals surface area (Å²) >= 11 is 0. The average molecular weight is 537 g/mol. The predicted molar refractivity (Wildman–Crippen MR) is 177 cm³/mol. The maximum Gasteiger partial charge on any atom is 0.143 e. The average Bonchev–Trinajstić information content (AvgIpc) is 3.42. The lowest BCUT2D eigenvalue weighted by Gasteiger charge is -2.36. The lowest BCUT2D eigenvalue weighted by atomic mass is 9.66. The van der Waals surface area contributed by atoms with Gasteiger partial charge in [0.15, 0.2) is 0 Å². The van der Waals surface area contributed by atoms with Crippen LogP contribution in [0.3, 0.4) is 0 Å². The van der Waals surface area contributed by atoms with Crippen molar-refractivity contribution in [2.75, 3.05) is 0 Å². The van der Waals surface area contributed by atoms with Gasteiger partial charge in [-0.05, 0) is 72.6 Å². The Morgan fingerprint density at radius 3 is 1.95 bits per heavy atom. The Hall–Kier alpha value is -5.14. The van der Waals surface area contributed by atoms with Gasteiger partial charge >= 0.3 is 0 Å². The molecule has 0 spiro atoms. The van der Waals surface area contributed by atoms with Gasteiger partial charge in [-0.15, -0.1) is 0 Å². The van der Waals surface area contributed by atoms with Crippen LogP contribution in [0.15, 0.2) is 138 Å². The van der Waals surface area contributed by atoms with E-state index in [0.29, 0.717) is 0 Å². The Labute approximate surface area is 244 Å². The smallest absolute Gasteiger partial charge is 0.143 e. The molecule has 1 aromatic heterocycles.